The van der Waals surface area contributed by atoms with Gasteiger partial charge in [-0.3, -0.25) is 4.79 Å². The summed E-state index contributed by atoms with van der Waals surface area (Å²) in [4.78, 5) is 13.2. The van der Waals surface area contributed by atoms with Gasteiger partial charge in [-0.25, -0.2) is 0 Å². The van der Waals surface area contributed by atoms with E-state index >= 15 is 0 Å². The highest BCUT2D eigenvalue weighted by Crippen LogP contribution is 2.23. The van der Waals surface area contributed by atoms with Crippen molar-refractivity contribution in [1.82, 2.24) is 5.32 Å². The minimum Gasteiger partial charge on any atom is -0.455 e. The first kappa shape index (κ1) is 20.0. The largest absolute Gasteiger partial charge is 0.455 e. The van der Waals surface area contributed by atoms with Crippen molar-refractivity contribution < 1.29 is 14.1 Å². The molecule has 1 aromatic heterocycles. The Morgan fingerprint density at radius 1 is 1.31 bits per heavy atom. The quantitative estimate of drug-likeness (QED) is 0.782. The molecule has 1 heterocycles. The highest BCUT2D eigenvalue weighted by atomic mass is 35.5. The fourth-order valence-corrected chi connectivity index (χ4v) is 2.64. The number of carbonyl (C=O) groups is 1. The van der Waals surface area contributed by atoms with Gasteiger partial charge < -0.3 is 14.6 Å². The SMILES string of the molecule is CC(C)[C@](C)(C#N)NC(=O)C[NH+](C)Cc1ccc(-c2ccc(Cl)cc2)o1. The van der Waals surface area contributed by atoms with Crippen LogP contribution in [0.2, 0.25) is 5.02 Å². The maximum Gasteiger partial charge on any atom is 0.276 e. The van der Waals surface area contributed by atoms with Crippen LogP contribution < -0.4 is 10.2 Å². The van der Waals surface area contributed by atoms with Gasteiger partial charge in [0, 0.05) is 10.6 Å². The molecule has 2 atom stereocenters. The van der Waals surface area contributed by atoms with E-state index in [2.05, 4.69) is 11.4 Å². The predicted octanol–water partition coefficient (Wildman–Crippen LogP) is 2.67. The number of carbonyl (C=O) groups excluding carboxylic acids is 1. The third-order valence-corrected chi connectivity index (χ3v) is 4.77. The van der Waals surface area contributed by atoms with Gasteiger partial charge in [0.1, 0.15) is 17.8 Å². The minimum absolute atomic E-state index is 0.0313. The van der Waals surface area contributed by atoms with E-state index in [1.165, 1.54) is 0 Å². The first-order valence-electron chi connectivity index (χ1n) is 8.61. The summed E-state index contributed by atoms with van der Waals surface area (Å²) in [6.45, 7) is 6.42. The Kier molecular flexibility index (Phi) is 6.47. The van der Waals surface area contributed by atoms with Crippen LogP contribution in [0.5, 0.6) is 0 Å². The lowest BCUT2D eigenvalue weighted by atomic mass is 9.90. The molecule has 5 nitrogen and oxygen atoms in total. The second kappa shape index (κ2) is 8.39. The molecule has 0 aliphatic carbocycles. The van der Waals surface area contributed by atoms with Crippen molar-refractivity contribution in [3.05, 3.63) is 47.2 Å². The Morgan fingerprint density at radius 3 is 2.54 bits per heavy atom. The van der Waals surface area contributed by atoms with E-state index in [9.17, 15) is 10.1 Å². The molecule has 2 rings (SSSR count). The topological polar surface area (TPSA) is 70.5 Å². The van der Waals surface area contributed by atoms with Gasteiger partial charge in [-0.1, -0.05) is 25.4 Å². The average Bonchev–Trinajstić information content (AvgIpc) is 3.03. The van der Waals surface area contributed by atoms with Crippen molar-refractivity contribution in [3.8, 4) is 17.4 Å². The van der Waals surface area contributed by atoms with E-state index in [-0.39, 0.29) is 18.4 Å². The number of quaternary nitrogens is 1. The molecule has 0 aliphatic heterocycles. The summed E-state index contributed by atoms with van der Waals surface area (Å²) in [6, 6.07) is 13.5. The first-order valence-corrected chi connectivity index (χ1v) is 8.99. The van der Waals surface area contributed by atoms with E-state index in [1.54, 1.807) is 6.92 Å². The molecule has 1 amide bonds. The van der Waals surface area contributed by atoms with Gasteiger partial charge in [-0.2, -0.15) is 5.26 Å². The predicted molar refractivity (Wildman–Crippen MR) is 102 cm³/mol. The van der Waals surface area contributed by atoms with Crippen molar-refractivity contribution in [2.45, 2.75) is 32.9 Å². The molecule has 0 aliphatic rings. The number of halogens is 1. The van der Waals surface area contributed by atoms with Gasteiger partial charge in [0.05, 0.1) is 13.1 Å². The lowest BCUT2D eigenvalue weighted by Crippen LogP contribution is -3.09. The summed E-state index contributed by atoms with van der Waals surface area (Å²) in [5.41, 5.74) is 0.0989. The summed E-state index contributed by atoms with van der Waals surface area (Å²) >= 11 is 5.91. The van der Waals surface area contributed by atoms with E-state index in [1.807, 2.05) is 57.3 Å². The molecule has 0 fully saturated rings. The second-order valence-electron chi connectivity index (χ2n) is 7.10. The summed E-state index contributed by atoms with van der Waals surface area (Å²) in [5.74, 6) is 1.45. The number of likely N-dealkylation sites (N-methyl/N-ethyl adjacent to an activating group) is 1. The monoisotopic (exact) mass is 374 g/mol. The third kappa shape index (κ3) is 5.10. The van der Waals surface area contributed by atoms with Crippen molar-refractivity contribution in [3.63, 3.8) is 0 Å². The second-order valence-corrected chi connectivity index (χ2v) is 7.54. The molecule has 1 aromatic carbocycles. The molecular weight excluding hydrogens is 350 g/mol. The van der Waals surface area contributed by atoms with Gasteiger partial charge in [-0.15, -0.1) is 0 Å². The van der Waals surface area contributed by atoms with Crippen molar-refractivity contribution >= 4 is 17.5 Å². The lowest BCUT2D eigenvalue weighted by Gasteiger charge is -2.27. The smallest absolute Gasteiger partial charge is 0.276 e. The van der Waals surface area contributed by atoms with Crippen LogP contribution in [0, 0.1) is 17.2 Å². The fraction of sp³-hybridized carbons (Fsp3) is 0.400. The number of amides is 1. The number of hydrogen-bond acceptors (Lipinski definition) is 3. The molecule has 0 bridgehead atoms. The normalized spacial score (nSPS) is 14.5. The Labute approximate surface area is 159 Å². The van der Waals surface area contributed by atoms with E-state index in [0.717, 1.165) is 22.0 Å². The maximum absolute atomic E-state index is 12.3. The standard InChI is InChI=1S/C20H24ClN3O2/c1-14(2)20(3,13-22)23-19(25)12-24(4)11-17-9-10-18(26-17)15-5-7-16(21)8-6-15/h5-10,14H,11-12H2,1-4H3,(H,23,25)/p+1/t20-/m0/s1. The van der Waals surface area contributed by atoms with Crippen molar-refractivity contribution in [2.75, 3.05) is 13.6 Å². The number of nitrogens with zero attached hydrogens (tertiary/aromatic N) is 1. The summed E-state index contributed by atoms with van der Waals surface area (Å²) < 4.78 is 5.87. The molecule has 0 saturated heterocycles. The van der Waals surface area contributed by atoms with E-state index in [4.69, 9.17) is 16.0 Å². The Bertz CT molecular complexity index is 792. The van der Waals surface area contributed by atoms with E-state index in [0.29, 0.717) is 11.6 Å². The maximum atomic E-state index is 12.3. The highest BCUT2D eigenvalue weighted by Gasteiger charge is 2.30. The molecule has 138 valence electrons. The summed E-state index contributed by atoms with van der Waals surface area (Å²) in [7, 11) is 1.92. The number of rotatable bonds is 7. The van der Waals surface area contributed by atoms with Gasteiger partial charge in [0.25, 0.3) is 5.91 Å². The van der Waals surface area contributed by atoms with Crippen LogP contribution in [-0.4, -0.2) is 25.0 Å². The lowest BCUT2D eigenvalue weighted by molar-refractivity contribution is -0.886. The van der Waals surface area contributed by atoms with Crippen LogP contribution in [0.4, 0.5) is 0 Å². The molecular formula is C20H25ClN3O2+. The van der Waals surface area contributed by atoms with Crippen molar-refractivity contribution in [1.29, 1.82) is 5.26 Å². The van der Waals surface area contributed by atoms with Crippen LogP contribution in [0.15, 0.2) is 40.8 Å². The molecule has 0 radical (unpaired) electrons. The Balaban J connectivity index is 1.94. The highest BCUT2D eigenvalue weighted by molar-refractivity contribution is 6.30. The molecule has 2 N–H and O–H groups in total. The summed E-state index contributed by atoms with van der Waals surface area (Å²) in [6.07, 6.45) is 0. The van der Waals surface area contributed by atoms with Crippen LogP contribution in [0.3, 0.4) is 0 Å². The first-order chi connectivity index (χ1) is 12.2. The van der Waals surface area contributed by atoms with Gasteiger partial charge >= 0.3 is 0 Å². The zero-order chi connectivity index (χ0) is 19.3. The van der Waals surface area contributed by atoms with Gasteiger partial charge in [-0.05, 0) is 49.2 Å². The molecule has 0 saturated carbocycles. The minimum atomic E-state index is -0.857. The van der Waals surface area contributed by atoms with Gasteiger partial charge in [0.15, 0.2) is 12.3 Å². The Hall–Kier alpha value is -2.29. The average molecular weight is 375 g/mol. The number of hydrogen-bond donors (Lipinski definition) is 2. The fourth-order valence-electron chi connectivity index (χ4n) is 2.51. The van der Waals surface area contributed by atoms with Gasteiger partial charge in [0.2, 0.25) is 0 Å². The zero-order valence-electron chi connectivity index (χ0n) is 15.6. The number of nitrogens with one attached hydrogen (secondary N) is 2. The molecule has 2 aromatic rings. The van der Waals surface area contributed by atoms with E-state index < -0.39 is 5.54 Å². The molecule has 6 heteroatoms. The number of benzene rings is 1. The summed E-state index contributed by atoms with van der Waals surface area (Å²) in [5, 5.41) is 12.8. The number of furan rings is 1. The van der Waals surface area contributed by atoms with Crippen LogP contribution >= 0.6 is 11.6 Å². The molecule has 0 spiro atoms. The third-order valence-electron chi connectivity index (χ3n) is 4.51. The molecule has 26 heavy (non-hydrogen) atoms. The Morgan fingerprint density at radius 2 is 1.96 bits per heavy atom. The zero-order valence-corrected chi connectivity index (χ0v) is 16.4. The van der Waals surface area contributed by atoms with Crippen molar-refractivity contribution in [2.24, 2.45) is 5.92 Å². The van der Waals surface area contributed by atoms with Crippen LogP contribution in [-0.2, 0) is 11.3 Å². The number of nitriles is 1. The van der Waals surface area contributed by atoms with Crippen LogP contribution in [0.25, 0.3) is 11.3 Å². The molecule has 1 unspecified atom stereocenters. The van der Waals surface area contributed by atoms with Crippen LogP contribution in [0.1, 0.15) is 26.5 Å².